The van der Waals surface area contributed by atoms with Crippen LogP contribution in [0.1, 0.15) is 11.6 Å². The molecule has 5 heteroatoms. The monoisotopic (exact) mass is 150 g/mol. The maximum Gasteiger partial charge on any atom is 0.148 e. The number of carbonyl (C=O) groups is 1. The van der Waals surface area contributed by atoms with Crippen LogP contribution in [0, 0.1) is 0 Å². The van der Waals surface area contributed by atoms with Crippen molar-refractivity contribution >= 4 is 12.1 Å². The molecule has 0 saturated carbocycles. The molecule has 1 aliphatic heterocycles. The Balaban J connectivity index is 2.46. The van der Waals surface area contributed by atoms with Gasteiger partial charge in [-0.1, -0.05) is 0 Å². The number of aromatic nitrogens is 2. The van der Waals surface area contributed by atoms with Gasteiger partial charge in [0.05, 0.1) is 0 Å². The van der Waals surface area contributed by atoms with E-state index in [-0.39, 0.29) is 6.04 Å². The molecule has 56 valence electrons. The van der Waals surface area contributed by atoms with Crippen LogP contribution in [-0.2, 0) is 4.79 Å². The second-order valence-electron chi connectivity index (χ2n) is 2.21. The van der Waals surface area contributed by atoms with Gasteiger partial charge in [-0.15, -0.1) is 0 Å². The molecule has 0 spiro atoms. The number of hydrogen-bond acceptors (Lipinski definition) is 5. The fourth-order valence-electron chi connectivity index (χ4n) is 1.00. The summed E-state index contributed by atoms with van der Waals surface area (Å²) in [4.78, 5) is 18.1. The van der Waals surface area contributed by atoms with Gasteiger partial charge in [-0.05, 0) is 0 Å². The maximum atomic E-state index is 10.4. The molecule has 0 saturated heterocycles. The molecule has 0 bridgehead atoms. The molecule has 2 rings (SSSR count). The highest BCUT2D eigenvalue weighted by Crippen LogP contribution is 2.22. The molecule has 2 N–H and O–H groups in total. The summed E-state index contributed by atoms with van der Waals surface area (Å²) in [5.41, 5.74) is 6.31. The number of fused-ring (bicyclic) bond motifs is 1. The van der Waals surface area contributed by atoms with Crippen LogP contribution in [0.15, 0.2) is 12.5 Å². The fraction of sp³-hybridized carbons (Fsp3) is 0.167. The van der Waals surface area contributed by atoms with Crippen LogP contribution in [0.3, 0.4) is 0 Å². The summed E-state index contributed by atoms with van der Waals surface area (Å²) in [5.74, 6) is 0.678. The highest BCUT2D eigenvalue weighted by atomic mass is 16.1. The van der Waals surface area contributed by atoms with Crippen LogP contribution in [0.5, 0.6) is 0 Å². The predicted octanol–water partition coefficient (Wildman–Crippen LogP) is -0.353. The van der Waals surface area contributed by atoms with Crippen LogP contribution >= 0.6 is 0 Å². The molecule has 1 aliphatic rings. The second kappa shape index (κ2) is 2.28. The summed E-state index contributed by atoms with van der Waals surface area (Å²) in [6.07, 6.45) is 3.86. The van der Waals surface area contributed by atoms with Gasteiger partial charge in [0, 0.05) is 11.8 Å². The molecular formula is C6H6N4O. The summed E-state index contributed by atoms with van der Waals surface area (Å²) in [6.45, 7) is 0. The van der Waals surface area contributed by atoms with Crippen molar-refractivity contribution in [3.8, 4) is 0 Å². The smallest absolute Gasteiger partial charge is 0.148 e. The van der Waals surface area contributed by atoms with Gasteiger partial charge in [-0.3, -0.25) is 0 Å². The van der Waals surface area contributed by atoms with Crippen LogP contribution in [-0.4, -0.2) is 16.3 Å². The first-order valence-electron chi connectivity index (χ1n) is 3.18. The average molecular weight is 150 g/mol. The quantitative estimate of drug-likeness (QED) is 0.535. The van der Waals surface area contributed by atoms with E-state index in [9.17, 15) is 4.79 Å². The van der Waals surface area contributed by atoms with E-state index in [0.717, 1.165) is 11.8 Å². The zero-order chi connectivity index (χ0) is 7.68. The highest BCUT2D eigenvalue weighted by Gasteiger charge is 2.21. The Bertz CT molecular complexity index is 288. The Labute approximate surface area is 62.8 Å². The first-order chi connectivity index (χ1) is 5.42. The third-order valence-electron chi connectivity index (χ3n) is 1.56. The lowest BCUT2D eigenvalue weighted by Gasteiger charge is -1.96. The van der Waals surface area contributed by atoms with Crippen LogP contribution < -0.4 is 10.9 Å². The molecule has 0 radical (unpaired) electrons. The van der Waals surface area contributed by atoms with Crippen LogP contribution in [0.4, 0.5) is 5.82 Å². The first-order valence-corrected chi connectivity index (χ1v) is 3.18. The van der Waals surface area contributed by atoms with Gasteiger partial charge in [-0.2, -0.15) is 0 Å². The average Bonchev–Trinajstić information content (AvgIpc) is 2.47. The van der Waals surface area contributed by atoms with Crippen molar-refractivity contribution in [2.45, 2.75) is 6.04 Å². The lowest BCUT2D eigenvalue weighted by atomic mass is 10.2. The van der Waals surface area contributed by atoms with E-state index in [1.54, 1.807) is 6.20 Å². The number of aldehydes is 1. The SMILES string of the molecule is O=CC1NNc2ncncc21. The van der Waals surface area contributed by atoms with E-state index in [4.69, 9.17) is 0 Å². The second-order valence-corrected chi connectivity index (χ2v) is 2.21. The molecule has 11 heavy (non-hydrogen) atoms. The van der Waals surface area contributed by atoms with E-state index < -0.39 is 0 Å². The van der Waals surface area contributed by atoms with Gasteiger partial charge in [0.1, 0.15) is 24.5 Å². The molecule has 2 heterocycles. The van der Waals surface area contributed by atoms with Crippen molar-refractivity contribution in [1.29, 1.82) is 0 Å². The Hall–Kier alpha value is -1.49. The summed E-state index contributed by atoms with van der Waals surface area (Å²) in [6, 6.07) is -0.314. The number of nitrogens with zero attached hydrogens (tertiary/aromatic N) is 2. The van der Waals surface area contributed by atoms with Crippen molar-refractivity contribution in [2.24, 2.45) is 0 Å². The van der Waals surface area contributed by atoms with Crippen LogP contribution in [0.25, 0.3) is 0 Å². The molecular weight excluding hydrogens is 144 g/mol. The van der Waals surface area contributed by atoms with E-state index in [0.29, 0.717) is 5.82 Å². The van der Waals surface area contributed by atoms with Crippen molar-refractivity contribution in [3.05, 3.63) is 18.1 Å². The number of rotatable bonds is 1. The molecule has 0 amide bonds. The van der Waals surface area contributed by atoms with Gasteiger partial charge < -0.3 is 10.2 Å². The zero-order valence-corrected chi connectivity index (χ0v) is 5.61. The third-order valence-corrected chi connectivity index (χ3v) is 1.56. The van der Waals surface area contributed by atoms with Gasteiger partial charge >= 0.3 is 0 Å². The number of carbonyl (C=O) groups excluding carboxylic acids is 1. The Morgan fingerprint density at radius 1 is 1.64 bits per heavy atom. The topological polar surface area (TPSA) is 66.9 Å². The van der Waals surface area contributed by atoms with Gasteiger partial charge in [0.25, 0.3) is 0 Å². The number of nitrogens with one attached hydrogen (secondary N) is 2. The standard InChI is InChI=1S/C6H6N4O/c11-2-5-4-1-7-3-8-6(4)10-9-5/h1-3,5,9H,(H,7,8,10). The van der Waals surface area contributed by atoms with Crippen LogP contribution in [0.2, 0.25) is 0 Å². The molecule has 1 aromatic heterocycles. The molecule has 1 atom stereocenters. The van der Waals surface area contributed by atoms with Gasteiger partial charge in [0.2, 0.25) is 0 Å². The van der Waals surface area contributed by atoms with Crippen molar-refractivity contribution in [2.75, 3.05) is 5.43 Å². The fourth-order valence-corrected chi connectivity index (χ4v) is 1.00. The Morgan fingerprint density at radius 3 is 3.36 bits per heavy atom. The van der Waals surface area contributed by atoms with Crippen molar-refractivity contribution in [3.63, 3.8) is 0 Å². The van der Waals surface area contributed by atoms with E-state index in [1.807, 2.05) is 0 Å². The minimum absolute atomic E-state index is 0.314. The third kappa shape index (κ3) is 0.857. The number of anilines is 1. The minimum atomic E-state index is -0.314. The van der Waals surface area contributed by atoms with Crippen molar-refractivity contribution in [1.82, 2.24) is 15.4 Å². The molecule has 5 nitrogen and oxygen atoms in total. The molecule has 0 fully saturated rings. The lowest BCUT2D eigenvalue weighted by Crippen LogP contribution is -2.19. The zero-order valence-electron chi connectivity index (χ0n) is 5.61. The molecule has 1 unspecified atom stereocenters. The largest absolute Gasteiger partial charge is 0.304 e. The maximum absolute atomic E-state index is 10.4. The number of hydrazine groups is 1. The number of hydrogen-bond donors (Lipinski definition) is 2. The first kappa shape index (κ1) is 6.23. The lowest BCUT2D eigenvalue weighted by molar-refractivity contribution is -0.109. The predicted molar refractivity (Wildman–Crippen MR) is 37.6 cm³/mol. The molecule has 0 aromatic carbocycles. The Kier molecular flexibility index (Phi) is 1.29. The summed E-state index contributed by atoms with van der Waals surface area (Å²) in [7, 11) is 0. The van der Waals surface area contributed by atoms with E-state index >= 15 is 0 Å². The van der Waals surface area contributed by atoms with E-state index in [1.165, 1.54) is 6.33 Å². The normalized spacial score (nSPS) is 20.5. The van der Waals surface area contributed by atoms with Gasteiger partial charge in [-0.25, -0.2) is 15.4 Å². The highest BCUT2D eigenvalue weighted by molar-refractivity contribution is 5.68. The summed E-state index contributed by atoms with van der Waals surface area (Å²) < 4.78 is 0. The summed E-state index contributed by atoms with van der Waals surface area (Å²) in [5, 5.41) is 0. The summed E-state index contributed by atoms with van der Waals surface area (Å²) >= 11 is 0. The molecule has 0 aliphatic carbocycles. The molecule has 1 aromatic rings. The Morgan fingerprint density at radius 2 is 2.55 bits per heavy atom. The van der Waals surface area contributed by atoms with Gasteiger partial charge in [0.15, 0.2) is 0 Å². The van der Waals surface area contributed by atoms with Crippen molar-refractivity contribution < 1.29 is 4.79 Å². The van der Waals surface area contributed by atoms with E-state index in [2.05, 4.69) is 20.8 Å². The minimum Gasteiger partial charge on any atom is -0.304 e.